The second-order valence-corrected chi connectivity index (χ2v) is 7.42. The van der Waals surface area contributed by atoms with Gasteiger partial charge in [0.25, 0.3) is 0 Å². The minimum atomic E-state index is -0.692. The Kier molecular flexibility index (Phi) is 3.36. The summed E-state index contributed by atoms with van der Waals surface area (Å²) >= 11 is 0. The van der Waals surface area contributed by atoms with E-state index in [1.54, 1.807) is 0 Å². The van der Waals surface area contributed by atoms with Crippen molar-refractivity contribution in [1.82, 2.24) is 0 Å². The number of rotatable bonds is 2. The van der Waals surface area contributed by atoms with Crippen LogP contribution in [0.5, 0.6) is 0 Å². The molecule has 21 heavy (non-hydrogen) atoms. The molecule has 1 spiro atoms. The summed E-state index contributed by atoms with van der Waals surface area (Å²) in [5.74, 6) is 0.491. The van der Waals surface area contributed by atoms with Crippen LogP contribution in [0.15, 0.2) is 0 Å². The molecule has 0 aromatic rings. The van der Waals surface area contributed by atoms with E-state index in [9.17, 15) is 5.11 Å². The molecule has 5 fully saturated rings. The summed E-state index contributed by atoms with van der Waals surface area (Å²) in [5.41, 5.74) is -0.445. The number of aliphatic hydroxyl groups excluding tert-OH is 1. The minimum Gasteiger partial charge on any atom is -0.396 e. The Morgan fingerprint density at radius 3 is 2.86 bits per heavy atom. The molecule has 1 saturated carbocycles. The van der Waals surface area contributed by atoms with Gasteiger partial charge in [-0.1, -0.05) is 13.3 Å². The molecule has 4 aliphatic heterocycles. The van der Waals surface area contributed by atoms with Crippen LogP contribution in [0.25, 0.3) is 0 Å². The summed E-state index contributed by atoms with van der Waals surface area (Å²) < 4.78 is 12.5. The number of aliphatic hydroxyl groups is 1. The summed E-state index contributed by atoms with van der Waals surface area (Å²) in [7, 11) is 0. The molecule has 4 heterocycles. The van der Waals surface area contributed by atoms with E-state index in [2.05, 4.69) is 6.92 Å². The highest BCUT2D eigenvalue weighted by molar-refractivity contribution is 5.08. The van der Waals surface area contributed by atoms with Crippen LogP contribution < -0.4 is 0 Å². The van der Waals surface area contributed by atoms with E-state index in [1.165, 1.54) is 6.42 Å². The van der Waals surface area contributed by atoms with E-state index in [-0.39, 0.29) is 19.0 Å². The van der Waals surface area contributed by atoms with E-state index < -0.39 is 11.4 Å². The van der Waals surface area contributed by atoms with E-state index in [0.29, 0.717) is 24.2 Å². The quantitative estimate of drug-likeness (QED) is 0.793. The summed E-state index contributed by atoms with van der Waals surface area (Å²) in [6, 6.07) is 0. The van der Waals surface area contributed by atoms with Crippen molar-refractivity contribution >= 4 is 0 Å². The fraction of sp³-hybridized carbons (Fsp3) is 1.00. The first-order chi connectivity index (χ1) is 10.1. The fourth-order valence-corrected chi connectivity index (χ4v) is 5.09. The third-order valence-electron chi connectivity index (χ3n) is 6.25. The lowest BCUT2D eigenvalue weighted by Gasteiger charge is -2.59. The van der Waals surface area contributed by atoms with Crippen molar-refractivity contribution in [2.45, 2.75) is 76.2 Å². The van der Waals surface area contributed by atoms with Crippen LogP contribution in [0.2, 0.25) is 0 Å². The molecule has 4 saturated heterocycles. The number of hydrogen-bond acceptors (Lipinski definition) is 5. The van der Waals surface area contributed by atoms with E-state index in [1.807, 2.05) is 6.92 Å². The van der Waals surface area contributed by atoms with Crippen LogP contribution in [0.1, 0.15) is 52.4 Å². The maximum Gasteiger partial charge on any atom is 0.201 e. The van der Waals surface area contributed by atoms with Crippen molar-refractivity contribution in [3.63, 3.8) is 0 Å². The summed E-state index contributed by atoms with van der Waals surface area (Å²) in [6.07, 6.45) is 5.80. The minimum absolute atomic E-state index is 0.0425. The molecular weight excluding hydrogens is 272 g/mol. The van der Waals surface area contributed by atoms with Crippen molar-refractivity contribution in [2.75, 3.05) is 6.61 Å². The molecule has 5 rings (SSSR count). The molecular formula is C16H26O5. The smallest absolute Gasteiger partial charge is 0.201 e. The molecule has 0 radical (unpaired) electrons. The average molecular weight is 298 g/mol. The third kappa shape index (κ3) is 1.94. The molecule has 2 bridgehead atoms. The van der Waals surface area contributed by atoms with Gasteiger partial charge in [-0.25, -0.2) is 9.78 Å². The van der Waals surface area contributed by atoms with Crippen LogP contribution >= 0.6 is 0 Å². The third-order valence-corrected chi connectivity index (χ3v) is 6.25. The fourth-order valence-electron chi connectivity index (χ4n) is 5.09. The Hall–Kier alpha value is -0.200. The Morgan fingerprint density at radius 1 is 1.19 bits per heavy atom. The van der Waals surface area contributed by atoms with Crippen molar-refractivity contribution < 1.29 is 24.4 Å². The first-order valence-electron chi connectivity index (χ1n) is 8.40. The number of fused-ring (bicyclic) bond motifs is 2. The molecule has 7 atom stereocenters. The van der Waals surface area contributed by atoms with Gasteiger partial charge in [-0.2, -0.15) is 0 Å². The predicted molar refractivity (Wildman–Crippen MR) is 74.0 cm³/mol. The number of ether oxygens (including phenoxy) is 2. The zero-order valence-corrected chi connectivity index (χ0v) is 12.9. The van der Waals surface area contributed by atoms with Gasteiger partial charge in [-0.3, -0.25) is 0 Å². The molecule has 0 aromatic heterocycles. The zero-order chi connectivity index (χ0) is 14.7. The molecule has 5 aliphatic rings. The van der Waals surface area contributed by atoms with Crippen LogP contribution in [-0.4, -0.2) is 35.5 Å². The van der Waals surface area contributed by atoms with Crippen LogP contribution in [0.3, 0.4) is 0 Å². The maximum absolute atomic E-state index is 9.32. The zero-order valence-electron chi connectivity index (χ0n) is 12.9. The molecule has 1 aliphatic carbocycles. The Morgan fingerprint density at radius 2 is 2.05 bits per heavy atom. The highest BCUT2D eigenvalue weighted by Gasteiger charge is 2.67. The Balaban J connectivity index is 1.73. The van der Waals surface area contributed by atoms with Gasteiger partial charge in [0.1, 0.15) is 0 Å². The topological polar surface area (TPSA) is 57.2 Å². The maximum atomic E-state index is 9.32. The predicted octanol–water partition coefficient (Wildman–Crippen LogP) is 2.37. The lowest BCUT2D eigenvalue weighted by molar-refractivity contribution is -0.569. The van der Waals surface area contributed by atoms with Crippen molar-refractivity contribution in [3.05, 3.63) is 0 Å². The van der Waals surface area contributed by atoms with Gasteiger partial charge in [0.2, 0.25) is 5.79 Å². The second-order valence-electron chi connectivity index (χ2n) is 7.42. The lowest BCUT2D eigenvalue weighted by Crippen LogP contribution is -2.69. The van der Waals surface area contributed by atoms with Gasteiger partial charge in [0.15, 0.2) is 11.9 Å². The van der Waals surface area contributed by atoms with Crippen molar-refractivity contribution in [3.8, 4) is 0 Å². The molecule has 120 valence electrons. The average Bonchev–Trinajstić information content (AvgIpc) is 2.69. The Labute approximate surface area is 125 Å². The largest absolute Gasteiger partial charge is 0.396 e. The van der Waals surface area contributed by atoms with Crippen molar-refractivity contribution in [2.24, 2.45) is 17.8 Å². The van der Waals surface area contributed by atoms with Crippen LogP contribution in [0.4, 0.5) is 0 Å². The first-order valence-corrected chi connectivity index (χ1v) is 8.40. The molecule has 5 nitrogen and oxygen atoms in total. The molecule has 1 N–H and O–H groups in total. The van der Waals surface area contributed by atoms with Gasteiger partial charge in [-0.05, 0) is 44.4 Å². The van der Waals surface area contributed by atoms with E-state index in [4.69, 9.17) is 19.2 Å². The molecule has 5 heteroatoms. The first kappa shape index (κ1) is 14.4. The summed E-state index contributed by atoms with van der Waals surface area (Å²) in [6.45, 7) is 4.31. The van der Waals surface area contributed by atoms with Gasteiger partial charge < -0.3 is 14.6 Å². The normalized spacial score (nSPS) is 55.9. The lowest BCUT2D eigenvalue weighted by atomic mass is 9.60. The molecule has 0 aromatic carbocycles. The van der Waals surface area contributed by atoms with Gasteiger partial charge >= 0.3 is 0 Å². The van der Waals surface area contributed by atoms with E-state index in [0.717, 1.165) is 25.7 Å². The number of hydrogen-bond donors (Lipinski definition) is 1. The van der Waals surface area contributed by atoms with Gasteiger partial charge in [-0.15, -0.1) is 0 Å². The van der Waals surface area contributed by atoms with E-state index >= 15 is 0 Å². The Bertz CT molecular complexity index is 415. The highest BCUT2D eigenvalue weighted by atomic mass is 17.3. The summed E-state index contributed by atoms with van der Waals surface area (Å²) in [5, 5.41) is 9.32. The summed E-state index contributed by atoms with van der Waals surface area (Å²) in [4.78, 5) is 11.7. The standard InChI is InChI=1S/C16H26O5/c1-10-12-5-3-4-11-6-8-15(2)19-14(16(11,12)21-20-15)18-13(10)7-9-17/h10-14,17H,3-9H2,1-2H3. The van der Waals surface area contributed by atoms with Gasteiger partial charge in [0.05, 0.1) is 6.10 Å². The van der Waals surface area contributed by atoms with Gasteiger partial charge in [0, 0.05) is 18.9 Å². The van der Waals surface area contributed by atoms with Crippen LogP contribution in [0, 0.1) is 17.8 Å². The van der Waals surface area contributed by atoms with Crippen molar-refractivity contribution in [1.29, 1.82) is 0 Å². The highest BCUT2D eigenvalue weighted by Crippen LogP contribution is 2.59. The second kappa shape index (κ2) is 4.90. The van der Waals surface area contributed by atoms with Crippen LogP contribution in [-0.2, 0) is 19.2 Å². The molecule has 0 amide bonds. The molecule has 7 unspecified atom stereocenters. The SMILES string of the molecule is CC1C(CCO)OC2OC3(C)CCC4CCCC1C42OO3. The monoisotopic (exact) mass is 298 g/mol.